The Hall–Kier alpha value is -0.300. The Balaban J connectivity index is 2.35. The lowest BCUT2D eigenvalue weighted by molar-refractivity contribution is -0.0817. The quantitative estimate of drug-likeness (QED) is 0.669. The van der Waals surface area contributed by atoms with Gasteiger partial charge in [-0.15, -0.1) is 0 Å². The Morgan fingerprint density at radius 3 is 2.50 bits per heavy atom. The standard InChI is InChI=1S/C15H26O/c1-10(2)15(16)9-14(4,5)8-12-11(3)6-7-13(12)15/h11-13,16H,1,6-9H2,2-5H3/t11-,12+,13+,15+/m1/s1. The predicted molar refractivity (Wildman–Crippen MR) is 68.2 cm³/mol. The predicted octanol–water partition coefficient (Wildman–Crippen LogP) is 3.78. The molecule has 4 atom stereocenters. The average molecular weight is 222 g/mol. The minimum atomic E-state index is -0.600. The largest absolute Gasteiger partial charge is 0.385 e. The van der Waals surface area contributed by atoms with Gasteiger partial charge in [-0.1, -0.05) is 33.8 Å². The van der Waals surface area contributed by atoms with E-state index in [0.717, 1.165) is 17.9 Å². The second-order valence-corrected chi connectivity index (χ2v) is 7.07. The Morgan fingerprint density at radius 1 is 1.31 bits per heavy atom. The molecule has 0 saturated heterocycles. The summed E-state index contributed by atoms with van der Waals surface area (Å²) in [6.07, 6.45) is 4.63. The molecule has 1 heteroatoms. The molecule has 2 aliphatic carbocycles. The zero-order valence-corrected chi connectivity index (χ0v) is 11.2. The highest BCUT2D eigenvalue weighted by atomic mass is 16.3. The van der Waals surface area contributed by atoms with Gasteiger partial charge in [-0.2, -0.15) is 0 Å². The van der Waals surface area contributed by atoms with Gasteiger partial charge in [0.15, 0.2) is 0 Å². The molecule has 2 rings (SSSR count). The third kappa shape index (κ3) is 1.73. The smallest absolute Gasteiger partial charge is 0.0887 e. The molecule has 1 nitrogen and oxygen atoms in total. The first-order valence-electron chi connectivity index (χ1n) is 6.65. The van der Waals surface area contributed by atoms with E-state index >= 15 is 0 Å². The highest BCUT2D eigenvalue weighted by molar-refractivity contribution is 5.18. The van der Waals surface area contributed by atoms with Crippen LogP contribution in [0.2, 0.25) is 0 Å². The Bertz CT molecular complexity index is 305. The van der Waals surface area contributed by atoms with Crippen molar-refractivity contribution in [1.29, 1.82) is 0 Å². The first-order valence-corrected chi connectivity index (χ1v) is 6.65. The number of hydrogen-bond acceptors (Lipinski definition) is 1. The summed E-state index contributed by atoms with van der Waals surface area (Å²) in [4.78, 5) is 0. The molecule has 16 heavy (non-hydrogen) atoms. The van der Waals surface area contributed by atoms with Crippen LogP contribution in [-0.2, 0) is 0 Å². The van der Waals surface area contributed by atoms with E-state index in [1.165, 1.54) is 19.3 Å². The van der Waals surface area contributed by atoms with Gasteiger partial charge in [0.25, 0.3) is 0 Å². The second-order valence-electron chi connectivity index (χ2n) is 7.07. The third-order valence-corrected chi connectivity index (χ3v) is 5.07. The van der Waals surface area contributed by atoms with Crippen LogP contribution in [0.15, 0.2) is 12.2 Å². The van der Waals surface area contributed by atoms with Gasteiger partial charge in [-0.3, -0.25) is 0 Å². The molecular weight excluding hydrogens is 196 g/mol. The van der Waals surface area contributed by atoms with Gasteiger partial charge in [0.05, 0.1) is 5.60 Å². The summed E-state index contributed by atoms with van der Waals surface area (Å²) >= 11 is 0. The Kier molecular flexibility index (Phi) is 2.73. The van der Waals surface area contributed by atoms with Crippen molar-refractivity contribution < 1.29 is 5.11 Å². The second kappa shape index (κ2) is 3.60. The van der Waals surface area contributed by atoms with Crippen molar-refractivity contribution >= 4 is 0 Å². The molecule has 0 aliphatic heterocycles. The molecule has 0 amide bonds. The van der Waals surface area contributed by atoms with Gasteiger partial charge in [0.1, 0.15) is 0 Å². The molecule has 0 radical (unpaired) electrons. The normalized spacial score (nSPS) is 46.4. The fraction of sp³-hybridized carbons (Fsp3) is 0.867. The van der Waals surface area contributed by atoms with E-state index < -0.39 is 5.60 Å². The lowest BCUT2D eigenvalue weighted by Gasteiger charge is -2.50. The minimum Gasteiger partial charge on any atom is -0.385 e. The molecule has 0 aromatic carbocycles. The zero-order valence-electron chi connectivity index (χ0n) is 11.2. The van der Waals surface area contributed by atoms with Crippen LogP contribution in [0.25, 0.3) is 0 Å². The molecule has 0 bridgehead atoms. The van der Waals surface area contributed by atoms with Crippen LogP contribution in [0.1, 0.15) is 53.4 Å². The van der Waals surface area contributed by atoms with Gasteiger partial charge in [0.2, 0.25) is 0 Å². The first kappa shape index (κ1) is 12.2. The van der Waals surface area contributed by atoms with Crippen molar-refractivity contribution in [2.75, 3.05) is 0 Å². The van der Waals surface area contributed by atoms with Crippen molar-refractivity contribution in [3.63, 3.8) is 0 Å². The van der Waals surface area contributed by atoms with E-state index in [1.54, 1.807) is 0 Å². The first-order chi connectivity index (χ1) is 7.26. The molecule has 2 fully saturated rings. The third-order valence-electron chi connectivity index (χ3n) is 5.07. The maximum absolute atomic E-state index is 11.0. The summed E-state index contributed by atoms with van der Waals surface area (Å²) in [5.74, 6) is 1.94. The number of hydrogen-bond donors (Lipinski definition) is 1. The van der Waals surface area contributed by atoms with Gasteiger partial charge in [-0.25, -0.2) is 0 Å². The van der Waals surface area contributed by atoms with Crippen LogP contribution in [0.4, 0.5) is 0 Å². The highest BCUT2D eigenvalue weighted by Gasteiger charge is 2.54. The van der Waals surface area contributed by atoms with Gasteiger partial charge >= 0.3 is 0 Å². The molecule has 2 saturated carbocycles. The maximum atomic E-state index is 11.0. The van der Waals surface area contributed by atoms with Gasteiger partial charge < -0.3 is 5.11 Å². The van der Waals surface area contributed by atoms with Crippen molar-refractivity contribution in [3.8, 4) is 0 Å². The summed E-state index contributed by atoms with van der Waals surface area (Å²) in [6, 6.07) is 0. The van der Waals surface area contributed by atoms with Crippen LogP contribution in [0.3, 0.4) is 0 Å². The van der Waals surface area contributed by atoms with Crippen LogP contribution in [-0.4, -0.2) is 10.7 Å². The van der Waals surface area contributed by atoms with Crippen LogP contribution >= 0.6 is 0 Å². The minimum absolute atomic E-state index is 0.257. The molecule has 2 aliphatic rings. The van der Waals surface area contributed by atoms with Crippen LogP contribution in [0, 0.1) is 23.2 Å². The zero-order chi connectivity index (χ0) is 12.1. The van der Waals surface area contributed by atoms with E-state index in [-0.39, 0.29) is 5.41 Å². The molecule has 0 aromatic heterocycles. The summed E-state index contributed by atoms with van der Waals surface area (Å²) in [6.45, 7) is 13.0. The van der Waals surface area contributed by atoms with Crippen LogP contribution < -0.4 is 0 Å². The number of rotatable bonds is 1. The maximum Gasteiger partial charge on any atom is 0.0887 e. The monoisotopic (exact) mass is 222 g/mol. The van der Waals surface area contributed by atoms with E-state index in [4.69, 9.17) is 0 Å². The molecule has 0 aromatic rings. The lowest BCUT2D eigenvalue weighted by Crippen LogP contribution is -2.50. The van der Waals surface area contributed by atoms with E-state index in [0.29, 0.717) is 11.8 Å². The van der Waals surface area contributed by atoms with Gasteiger partial charge in [0, 0.05) is 0 Å². The fourth-order valence-corrected chi connectivity index (χ4v) is 4.24. The van der Waals surface area contributed by atoms with Gasteiger partial charge in [-0.05, 0) is 54.9 Å². The fourth-order valence-electron chi connectivity index (χ4n) is 4.24. The Labute approximate surface area is 99.9 Å². The molecular formula is C15H26O. The highest BCUT2D eigenvalue weighted by Crippen LogP contribution is 2.57. The molecule has 0 heterocycles. The van der Waals surface area contributed by atoms with Crippen molar-refractivity contribution in [2.24, 2.45) is 23.2 Å². The summed E-state index contributed by atoms with van der Waals surface area (Å²) < 4.78 is 0. The van der Waals surface area contributed by atoms with Crippen molar-refractivity contribution in [2.45, 2.75) is 59.0 Å². The summed E-state index contributed by atoms with van der Waals surface area (Å²) in [7, 11) is 0. The van der Waals surface area contributed by atoms with Crippen molar-refractivity contribution in [3.05, 3.63) is 12.2 Å². The van der Waals surface area contributed by atoms with E-state index in [2.05, 4.69) is 27.4 Å². The molecule has 1 N–H and O–H groups in total. The van der Waals surface area contributed by atoms with Crippen LogP contribution in [0.5, 0.6) is 0 Å². The van der Waals surface area contributed by atoms with Crippen molar-refractivity contribution in [1.82, 2.24) is 0 Å². The van der Waals surface area contributed by atoms with E-state index in [1.807, 2.05) is 6.92 Å². The lowest BCUT2D eigenvalue weighted by atomic mass is 9.58. The molecule has 0 spiro atoms. The number of aliphatic hydroxyl groups is 1. The summed E-state index contributed by atoms with van der Waals surface area (Å²) in [5.41, 5.74) is 0.634. The summed E-state index contributed by atoms with van der Waals surface area (Å²) in [5, 5.41) is 11.0. The Morgan fingerprint density at radius 2 is 1.94 bits per heavy atom. The topological polar surface area (TPSA) is 20.2 Å². The number of fused-ring (bicyclic) bond motifs is 1. The molecule has 0 unspecified atom stereocenters. The molecule has 92 valence electrons. The SMILES string of the molecule is C=C(C)[C@@]1(O)CC(C)(C)C[C@H]2[C@H](C)CC[C@@H]21. The average Bonchev–Trinajstić information content (AvgIpc) is 2.46. The van der Waals surface area contributed by atoms with E-state index in [9.17, 15) is 5.11 Å².